The Hall–Kier alpha value is -2.22. The minimum atomic E-state index is -1.23. The van der Waals surface area contributed by atoms with Gasteiger partial charge in [0, 0.05) is 0 Å². The second-order valence-corrected chi connectivity index (χ2v) is 2.87. The minimum absolute atomic E-state index is 0.191. The number of aromatic nitrogens is 4. The zero-order valence-corrected chi connectivity index (χ0v) is 7.53. The fourth-order valence-electron chi connectivity index (χ4n) is 1.19. The first-order chi connectivity index (χ1) is 7.11. The van der Waals surface area contributed by atoms with Gasteiger partial charge in [0.1, 0.15) is 11.8 Å². The predicted octanol–water partition coefficient (Wildman–Crippen LogP) is -1.05. The van der Waals surface area contributed by atoms with Crippen LogP contribution in [-0.4, -0.2) is 30.6 Å². The van der Waals surface area contributed by atoms with Gasteiger partial charge in [0.25, 0.3) is 0 Å². The molecule has 15 heavy (non-hydrogen) atoms. The number of carboxylic acid groups (broad SMARTS) is 1. The van der Waals surface area contributed by atoms with Crippen molar-refractivity contribution in [1.29, 1.82) is 0 Å². The standard InChI is InChI=1S/C7H8N6O2/c8-4-3-6(11-1-10-4)13(2-12-3)5(9)7(14)15/h1-2,5H,9H2,(H,14,15)(H2,8,10,11)/t5-/m0/s1. The summed E-state index contributed by atoms with van der Waals surface area (Å²) in [5.74, 6) is -0.983. The molecule has 8 heteroatoms. The first kappa shape index (κ1) is 9.34. The first-order valence-electron chi connectivity index (χ1n) is 4.02. The second kappa shape index (κ2) is 3.17. The summed E-state index contributed by atoms with van der Waals surface area (Å²) in [4.78, 5) is 22.2. The Balaban J connectivity index is 2.64. The summed E-state index contributed by atoms with van der Waals surface area (Å²) in [7, 11) is 0. The van der Waals surface area contributed by atoms with Gasteiger partial charge >= 0.3 is 5.97 Å². The molecule has 0 aliphatic heterocycles. The average Bonchev–Trinajstić information content (AvgIpc) is 2.61. The van der Waals surface area contributed by atoms with Crippen LogP contribution in [0.15, 0.2) is 12.7 Å². The van der Waals surface area contributed by atoms with Crippen molar-refractivity contribution >= 4 is 23.0 Å². The number of imidazole rings is 1. The lowest BCUT2D eigenvalue weighted by Gasteiger charge is -2.07. The summed E-state index contributed by atoms with van der Waals surface area (Å²) in [5, 5.41) is 8.73. The Morgan fingerprint density at radius 1 is 1.47 bits per heavy atom. The molecule has 0 spiro atoms. The van der Waals surface area contributed by atoms with Gasteiger partial charge in [-0.05, 0) is 0 Å². The molecule has 78 valence electrons. The van der Waals surface area contributed by atoms with Crippen molar-refractivity contribution in [2.24, 2.45) is 5.73 Å². The zero-order chi connectivity index (χ0) is 11.0. The van der Waals surface area contributed by atoms with Gasteiger partial charge in [0.2, 0.25) is 0 Å². The Labute approximate surface area is 83.6 Å². The van der Waals surface area contributed by atoms with E-state index in [-0.39, 0.29) is 5.82 Å². The molecular formula is C7H8N6O2. The van der Waals surface area contributed by atoms with E-state index in [4.69, 9.17) is 16.6 Å². The lowest BCUT2D eigenvalue weighted by atomic mass is 10.4. The number of carboxylic acids is 1. The number of nitrogen functional groups attached to an aromatic ring is 1. The molecule has 2 heterocycles. The number of nitrogens with two attached hydrogens (primary N) is 2. The van der Waals surface area contributed by atoms with Gasteiger partial charge in [-0.1, -0.05) is 0 Å². The van der Waals surface area contributed by atoms with Gasteiger partial charge < -0.3 is 16.6 Å². The molecule has 0 saturated heterocycles. The molecule has 2 rings (SSSR count). The molecule has 0 aliphatic rings. The monoisotopic (exact) mass is 208 g/mol. The van der Waals surface area contributed by atoms with Gasteiger partial charge in [0.15, 0.2) is 17.6 Å². The van der Waals surface area contributed by atoms with Gasteiger partial charge in [-0.25, -0.2) is 19.7 Å². The molecule has 1 atom stereocenters. The third-order valence-electron chi connectivity index (χ3n) is 1.94. The van der Waals surface area contributed by atoms with E-state index in [1.54, 1.807) is 0 Å². The predicted molar refractivity (Wildman–Crippen MR) is 50.6 cm³/mol. The highest BCUT2D eigenvalue weighted by atomic mass is 16.4. The van der Waals surface area contributed by atoms with Crippen LogP contribution in [0, 0.1) is 0 Å². The maximum Gasteiger partial charge on any atom is 0.341 e. The number of carbonyl (C=O) groups is 1. The molecule has 0 bridgehead atoms. The Morgan fingerprint density at radius 3 is 2.87 bits per heavy atom. The van der Waals surface area contributed by atoms with E-state index >= 15 is 0 Å². The van der Waals surface area contributed by atoms with Gasteiger partial charge in [-0.2, -0.15) is 0 Å². The van der Waals surface area contributed by atoms with E-state index in [0.717, 1.165) is 0 Å². The van der Waals surface area contributed by atoms with Crippen LogP contribution in [0.1, 0.15) is 6.17 Å². The molecule has 0 fully saturated rings. The topological polar surface area (TPSA) is 133 Å². The smallest absolute Gasteiger partial charge is 0.341 e. The number of rotatable bonds is 2. The maximum atomic E-state index is 10.7. The summed E-state index contributed by atoms with van der Waals surface area (Å²) < 4.78 is 1.22. The Morgan fingerprint density at radius 2 is 2.20 bits per heavy atom. The van der Waals surface area contributed by atoms with E-state index in [2.05, 4.69) is 15.0 Å². The molecular weight excluding hydrogens is 200 g/mol. The Bertz CT molecular complexity index is 521. The third kappa shape index (κ3) is 1.36. The minimum Gasteiger partial charge on any atom is -0.479 e. The van der Waals surface area contributed by atoms with Crippen molar-refractivity contribution in [3.05, 3.63) is 12.7 Å². The highest BCUT2D eigenvalue weighted by molar-refractivity contribution is 5.83. The van der Waals surface area contributed by atoms with E-state index < -0.39 is 12.1 Å². The van der Waals surface area contributed by atoms with Crippen LogP contribution in [-0.2, 0) is 4.79 Å². The summed E-state index contributed by atoms with van der Waals surface area (Å²) in [5.41, 5.74) is 11.6. The van der Waals surface area contributed by atoms with E-state index in [0.29, 0.717) is 11.2 Å². The van der Waals surface area contributed by atoms with Crippen molar-refractivity contribution < 1.29 is 9.90 Å². The quantitative estimate of drug-likeness (QED) is 0.573. The number of anilines is 1. The molecule has 0 aliphatic carbocycles. The van der Waals surface area contributed by atoms with Crippen molar-refractivity contribution in [2.45, 2.75) is 6.17 Å². The van der Waals surface area contributed by atoms with Crippen molar-refractivity contribution in [3.63, 3.8) is 0 Å². The highest BCUT2D eigenvalue weighted by Crippen LogP contribution is 2.16. The third-order valence-corrected chi connectivity index (χ3v) is 1.94. The Kier molecular flexibility index (Phi) is 1.97. The summed E-state index contributed by atoms with van der Waals surface area (Å²) in [6.45, 7) is 0. The molecule has 2 aromatic rings. The van der Waals surface area contributed by atoms with E-state index in [1.165, 1.54) is 17.2 Å². The fourth-order valence-corrected chi connectivity index (χ4v) is 1.19. The molecule has 8 nitrogen and oxygen atoms in total. The maximum absolute atomic E-state index is 10.7. The van der Waals surface area contributed by atoms with Crippen molar-refractivity contribution in [2.75, 3.05) is 5.73 Å². The van der Waals surface area contributed by atoms with E-state index in [9.17, 15) is 4.79 Å². The first-order valence-corrected chi connectivity index (χ1v) is 4.02. The summed E-state index contributed by atoms with van der Waals surface area (Å²) in [6.07, 6.45) is 1.27. The molecule has 0 aromatic carbocycles. The lowest BCUT2D eigenvalue weighted by molar-refractivity contribution is -0.140. The normalized spacial score (nSPS) is 12.9. The van der Waals surface area contributed by atoms with Crippen LogP contribution >= 0.6 is 0 Å². The van der Waals surface area contributed by atoms with E-state index in [1.807, 2.05) is 0 Å². The van der Waals surface area contributed by atoms with Gasteiger partial charge in [0.05, 0.1) is 6.33 Å². The number of hydrogen-bond acceptors (Lipinski definition) is 6. The van der Waals surface area contributed by atoms with Crippen molar-refractivity contribution in [1.82, 2.24) is 19.5 Å². The molecule has 0 radical (unpaired) electrons. The number of hydrogen-bond donors (Lipinski definition) is 3. The second-order valence-electron chi connectivity index (χ2n) is 2.87. The number of nitrogens with zero attached hydrogens (tertiary/aromatic N) is 4. The van der Waals surface area contributed by atoms with Crippen molar-refractivity contribution in [3.8, 4) is 0 Å². The molecule has 0 unspecified atom stereocenters. The van der Waals surface area contributed by atoms with Crippen LogP contribution < -0.4 is 11.5 Å². The molecule has 5 N–H and O–H groups in total. The molecule has 2 aromatic heterocycles. The van der Waals surface area contributed by atoms with Gasteiger partial charge in [-0.3, -0.25) is 4.57 Å². The SMILES string of the molecule is Nc1ncnc2c1ncn2[C@H](N)C(=O)O. The van der Waals surface area contributed by atoms with Crippen LogP contribution in [0.25, 0.3) is 11.2 Å². The number of fused-ring (bicyclic) bond motifs is 1. The fraction of sp³-hybridized carbons (Fsp3) is 0.143. The van der Waals surface area contributed by atoms with Crippen LogP contribution in [0.5, 0.6) is 0 Å². The van der Waals surface area contributed by atoms with Crippen LogP contribution in [0.3, 0.4) is 0 Å². The highest BCUT2D eigenvalue weighted by Gasteiger charge is 2.18. The lowest BCUT2D eigenvalue weighted by Crippen LogP contribution is -2.26. The zero-order valence-electron chi connectivity index (χ0n) is 7.53. The molecule has 0 saturated carbocycles. The summed E-state index contributed by atoms with van der Waals surface area (Å²) in [6, 6.07) is 0. The summed E-state index contributed by atoms with van der Waals surface area (Å²) >= 11 is 0. The van der Waals surface area contributed by atoms with Crippen LogP contribution in [0.2, 0.25) is 0 Å². The average molecular weight is 208 g/mol. The largest absolute Gasteiger partial charge is 0.479 e. The number of aliphatic carboxylic acids is 1. The van der Waals surface area contributed by atoms with Crippen LogP contribution in [0.4, 0.5) is 5.82 Å². The van der Waals surface area contributed by atoms with Gasteiger partial charge in [-0.15, -0.1) is 0 Å². The molecule has 0 amide bonds.